The first-order valence-corrected chi connectivity index (χ1v) is 6.09. The molecule has 0 aliphatic carbocycles. The van der Waals surface area contributed by atoms with Crippen LogP contribution in [0.2, 0.25) is 0 Å². The van der Waals surface area contributed by atoms with Gasteiger partial charge in [0.25, 0.3) is 0 Å². The van der Waals surface area contributed by atoms with E-state index < -0.39 is 5.60 Å². The van der Waals surface area contributed by atoms with Crippen LogP contribution in [0, 0.1) is 0 Å². The van der Waals surface area contributed by atoms with Crippen molar-refractivity contribution in [1.82, 2.24) is 4.98 Å². The monoisotopic (exact) mass is 233 g/mol. The summed E-state index contributed by atoms with van der Waals surface area (Å²) in [4.78, 5) is 5.25. The molecule has 2 rings (SSSR count). The quantitative estimate of drug-likeness (QED) is 0.884. The zero-order chi connectivity index (χ0) is 11.6. The second-order valence-corrected chi connectivity index (χ2v) is 5.45. The SMILES string of the molecule is CC(C)(O)c1cnc(Cc2ccccc2)s1. The summed E-state index contributed by atoms with van der Waals surface area (Å²) < 4.78 is 0. The van der Waals surface area contributed by atoms with Crippen molar-refractivity contribution in [2.45, 2.75) is 25.9 Å². The minimum Gasteiger partial charge on any atom is -0.385 e. The molecule has 0 aliphatic rings. The number of aromatic nitrogens is 1. The first kappa shape index (κ1) is 11.3. The molecule has 1 aromatic heterocycles. The zero-order valence-corrected chi connectivity index (χ0v) is 10.3. The highest BCUT2D eigenvalue weighted by atomic mass is 32.1. The van der Waals surface area contributed by atoms with Gasteiger partial charge in [-0.1, -0.05) is 30.3 Å². The number of hydrogen-bond acceptors (Lipinski definition) is 3. The number of nitrogens with zero attached hydrogens (tertiary/aromatic N) is 1. The topological polar surface area (TPSA) is 33.1 Å². The van der Waals surface area contributed by atoms with Crippen molar-refractivity contribution in [3.8, 4) is 0 Å². The molecule has 84 valence electrons. The Morgan fingerprint density at radius 2 is 1.94 bits per heavy atom. The standard InChI is InChI=1S/C13H15NOS/c1-13(2,15)11-9-14-12(16-11)8-10-6-4-3-5-7-10/h3-7,9,15H,8H2,1-2H3. The van der Waals surface area contributed by atoms with Gasteiger partial charge in [0.1, 0.15) is 0 Å². The Morgan fingerprint density at radius 3 is 2.50 bits per heavy atom. The van der Waals surface area contributed by atoms with E-state index in [-0.39, 0.29) is 0 Å². The van der Waals surface area contributed by atoms with Crippen LogP contribution in [0.5, 0.6) is 0 Å². The van der Waals surface area contributed by atoms with Crippen molar-refractivity contribution in [2.24, 2.45) is 0 Å². The van der Waals surface area contributed by atoms with E-state index in [1.54, 1.807) is 31.4 Å². The average Bonchev–Trinajstić information content (AvgIpc) is 2.67. The van der Waals surface area contributed by atoms with Crippen LogP contribution in [0.3, 0.4) is 0 Å². The smallest absolute Gasteiger partial charge is 0.0972 e. The fourth-order valence-corrected chi connectivity index (χ4v) is 2.40. The second kappa shape index (κ2) is 4.36. The van der Waals surface area contributed by atoms with Crippen LogP contribution >= 0.6 is 11.3 Å². The Hall–Kier alpha value is -1.19. The van der Waals surface area contributed by atoms with Gasteiger partial charge in [0, 0.05) is 12.6 Å². The molecule has 0 amide bonds. The fourth-order valence-electron chi connectivity index (χ4n) is 1.45. The molecule has 0 unspecified atom stereocenters. The predicted molar refractivity (Wildman–Crippen MR) is 66.6 cm³/mol. The lowest BCUT2D eigenvalue weighted by molar-refractivity contribution is 0.0823. The van der Waals surface area contributed by atoms with Gasteiger partial charge in [-0.15, -0.1) is 11.3 Å². The molecule has 1 aromatic carbocycles. The third-order valence-corrected chi connectivity index (χ3v) is 3.66. The van der Waals surface area contributed by atoms with Gasteiger partial charge < -0.3 is 5.11 Å². The highest BCUT2D eigenvalue weighted by molar-refractivity contribution is 7.11. The molecule has 0 atom stereocenters. The molecule has 0 spiro atoms. The summed E-state index contributed by atoms with van der Waals surface area (Å²) >= 11 is 1.57. The van der Waals surface area contributed by atoms with Crippen molar-refractivity contribution in [3.63, 3.8) is 0 Å². The van der Waals surface area contributed by atoms with Crippen LogP contribution in [-0.4, -0.2) is 10.1 Å². The van der Waals surface area contributed by atoms with Crippen molar-refractivity contribution >= 4 is 11.3 Å². The molecule has 0 saturated heterocycles. The van der Waals surface area contributed by atoms with E-state index in [9.17, 15) is 5.11 Å². The Balaban J connectivity index is 2.15. The minimum atomic E-state index is -0.785. The van der Waals surface area contributed by atoms with E-state index in [2.05, 4.69) is 17.1 Å². The summed E-state index contributed by atoms with van der Waals surface area (Å²) in [7, 11) is 0. The maximum Gasteiger partial charge on any atom is 0.0972 e. The number of rotatable bonds is 3. The first-order valence-electron chi connectivity index (χ1n) is 5.27. The number of aliphatic hydroxyl groups is 1. The fraction of sp³-hybridized carbons (Fsp3) is 0.308. The molecule has 0 aliphatic heterocycles. The van der Waals surface area contributed by atoms with Gasteiger partial charge in [0.2, 0.25) is 0 Å². The second-order valence-electron chi connectivity index (χ2n) is 4.34. The third-order valence-electron chi connectivity index (χ3n) is 2.35. The van der Waals surface area contributed by atoms with Crippen LogP contribution in [0.15, 0.2) is 36.5 Å². The van der Waals surface area contributed by atoms with Crippen molar-refractivity contribution < 1.29 is 5.11 Å². The van der Waals surface area contributed by atoms with Gasteiger partial charge in [-0.05, 0) is 19.4 Å². The molecule has 1 N–H and O–H groups in total. The molecule has 16 heavy (non-hydrogen) atoms. The summed E-state index contributed by atoms with van der Waals surface area (Å²) in [6.07, 6.45) is 2.60. The van der Waals surface area contributed by atoms with E-state index in [1.165, 1.54) is 5.56 Å². The Kier molecular flexibility index (Phi) is 3.08. The molecule has 0 saturated carbocycles. The van der Waals surface area contributed by atoms with E-state index in [0.29, 0.717) is 0 Å². The highest BCUT2D eigenvalue weighted by Gasteiger charge is 2.19. The van der Waals surface area contributed by atoms with E-state index >= 15 is 0 Å². The molecular formula is C13H15NOS. The summed E-state index contributed by atoms with van der Waals surface area (Å²) in [6, 6.07) is 10.2. The molecule has 0 fully saturated rings. The predicted octanol–water partition coefficient (Wildman–Crippen LogP) is 2.96. The first-order chi connectivity index (χ1) is 7.55. The number of hydrogen-bond donors (Lipinski definition) is 1. The lowest BCUT2D eigenvalue weighted by atomic mass is 10.1. The lowest BCUT2D eigenvalue weighted by Gasteiger charge is -2.13. The molecular weight excluding hydrogens is 218 g/mol. The molecule has 0 bridgehead atoms. The Morgan fingerprint density at radius 1 is 1.25 bits per heavy atom. The van der Waals surface area contributed by atoms with Crippen LogP contribution in [0.4, 0.5) is 0 Å². The molecule has 2 aromatic rings. The number of thiazole rings is 1. The van der Waals surface area contributed by atoms with E-state index in [0.717, 1.165) is 16.3 Å². The van der Waals surface area contributed by atoms with Crippen molar-refractivity contribution in [3.05, 3.63) is 52.0 Å². The number of benzene rings is 1. The largest absolute Gasteiger partial charge is 0.385 e. The summed E-state index contributed by atoms with van der Waals surface area (Å²) in [5.74, 6) is 0. The van der Waals surface area contributed by atoms with Crippen LogP contribution in [0.1, 0.15) is 29.3 Å². The molecule has 1 heterocycles. The van der Waals surface area contributed by atoms with Gasteiger partial charge in [-0.2, -0.15) is 0 Å². The Bertz CT molecular complexity index is 456. The van der Waals surface area contributed by atoms with E-state index in [4.69, 9.17) is 0 Å². The van der Waals surface area contributed by atoms with Crippen LogP contribution in [-0.2, 0) is 12.0 Å². The third kappa shape index (κ3) is 2.68. The zero-order valence-electron chi connectivity index (χ0n) is 9.47. The van der Waals surface area contributed by atoms with Gasteiger partial charge >= 0.3 is 0 Å². The summed E-state index contributed by atoms with van der Waals surface area (Å²) in [6.45, 7) is 3.57. The molecule has 3 heteroatoms. The van der Waals surface area contributed by atoms with Crippen LogP contribution < -0.4 is 0 Å². The van der Waals surface area contributed by atoms with E-state index in [1.807, 2.05) is 18.2 Å². The van der Waals surface area contributed by atoms with Gasteiger partial charge in [-0.3, -0.25) is 0 Å². The van der Waals surface area contributed by atoms with Crippen molar-refractivity contribution in [1.29, 1.82) is 0 Å². The van der Waals surface area contributed by atoms with Gasteiger partial charge in [0.15, 0.2) is 0 Å². The maximum absolute atomic E-state index is 9.84. The van der Waals surface area contributed by atoms with Crippen LogP contribution in [0.25, 0.3) is 0 Å². The molecule has 2 nitrogen and oxygen atoms in total. The molecule has 0 radical (unpaired) electrons. The van der Waals surface area contributed by atoms with Crippen molar-refractivity contribution in [2.75, 3.05) is 0 Å². The minimum absolute atomic E-state index is 0.785. The Labute approximate surface area is 99.6 Å². The summed E-state index contributed by atoms with van der Waals surface area (Å²) in [5.41, 5.74) is 0.464. The maximum atomic E-state index is 9.84. The normalized spacial score (nSPS) is 11.7. The highest BCUT2D eigenvalue weighted by Crippen LogP contribution is 2.26. The lowest BCUT2D eigenvalue weighted by Crippen LogP contribution is -2.12. The summed E-state index contributed by atoms with van der Waals surface area (Å²) in [5, 5.41) is 10.9. The van der Waals surface area contributed by atoms with Gasteiger partial charge in [0.05, 0.1) is 15.5 Å². The average molecular weight is 233 g/mol. The van der Waals surface area contributed by atoms with Gasteiger partial charge in [-0.25, -0.2) is 4.98 Å².